The predicted octanol–water partition coefficient (Wildman–Crippen LogP) is 8.45. The van der Waals surface area contributed by atoms with Gasteiger partial charge in [0.2, 0.25) is 35.4 Å². The van der Waals surface area contributed by atoms with Gasteiger partial charge in [-0.25, -0.2) is 9.97 Å². The van der Waals surface area contributed by atoms with Gasteiger partial charge < -0.3 is 18.7 Å². The zero-order valence-electron chi connectivity index (χ0n) is 32.2. The van der Waals surface area contributed by atoms with Crippen LogP contribution in [0.3, 0.4) is 0 Å². The molecule has 12 nitrogen and oxygen atoms in total. The van der Waals surface area contributed by atoms with Gasteiger partial charge in [0.25, 0.3) is 0 Å². The van der Waals surface area contributed by atoms with Crippen molar-refractivity contribution in [3.8, 4) is 34.4 Å². The van der Waals surface area contributed by atoms with Crippen LogP contribution in [0.25, 0.3) is 45.1 Å². The predicted molar refractivity (Wildman–Crippen MR) is 221 cm³/mol. The summed E-state index contributed by atoms with van der Waals surface area (Å²) < 4.78 is 17.7. The molecule has 6 atom stereocenters. The number of aromatic hydroxyl groups is 1. The number of hydrogen-bond donors (Lipinski definition) is 1. The highest BCUT2D eigenvalue weighted by Crippen LogP contribution is 2.60. The minimum atomic E-state index is -0.876. The summed E-state index contributed by atoms with van der Waals surface area (Å²) in [5.74, 6) is -4.96. The number of benzene rings is 5. The lowest BCUT2D eigenvalue weighted by Gasteiger charge is -2.44. The number of phenols is 1. The number of rotatable bonds is 7. The number of carbonyl (C=O) groups excluding carboxylic acids is 4. The molecular formula is C48H36N4O8. The molecule has 4 heterocycles. The maximum absolute atomic E-state index is 14.8. The van der Waals surface area contributed by atoms with Crippen molar-refractivity contribution in [1.29, 1.82) is 0 Å². The number of fused-ring (bicyclic) bond motifs is 6. The first-order chi connectivity index (χ1) is 29.3. The number of carbonyl (C=O) groups is 4. The van der Waals surface area contributed by atoms with Gasteiger partial charge in [0.1, 0.15) is 11.0 Å². The van der Waals surface area contributed by atoms with Gasteiger partial charge in [-0.3, -0.25) is 29.0 Å². The Balaban J connectivity index is 0.941. The van der Waals surface area contributed by atoms with Crippen LogP contribution in [0.4, 0.5) is 11.4 Å². The molecule has 5 aromatic carbocycles. The van der Waals surface area contributed by atoms with E-state index < -0.39 is 47.3 Å². The van der Waals surface area contributed by atoms with Crippen molar-refractivity contribution >= 4 is 57.2 Å². The second kappa shape index (κ2) is 13.6. The van der Waals surface area contributed by atoms with Crippen molar-refractivity contribution < 1.29 is 37.9 Å². The van der Waals surface area contributed by atoms with Crippen LogP contribution >= 0.6 is 0 Å². The van der Waals surface area contributed by atoms with Crippen LogP contribution in [-0.4, -0.2) is 45.3 Å². The fourth-order valence-electron chi connectivity index (χ4n) is 10.0. The molecule has 0 unspecified atom stereocenters. The van der Waals surface area contributed by atoms with E-state index in [1.54, 1.807) is 66.7 Å². The second-order valence-electron chi connectivity index (χ2n) is 15.7. The van der Waals surface area contributed by atoms with Crippen molar-refractivity contribution in [2.45, 2.75) is 25.7 Å². The molecule has 1 saturated carbocycles. The van der Waals surface area contributed by atoms with Crippen LogP contribution in [-0.2, 0) is 19.2 Å². The molecule has 1 N–H and O–H groups in total. The summed E-state index contributed by atoms with van der Waals surface area (Å²) >= 11 is 0. The largest absolute Gasteiger partial charge is 0.504 e. The molecule has 2 aromatic heterocycles. The van der Waals surface area contributed by atoms with E-state index in [9.17, 15) is 24.3 Å². The number of aromatic nitrogens is 2. The first-order valence-electron chi connectivity index (χ1n) is 20.1. The fourth-order valence-corrected chi connectivity index (χ4v) is 10.0. The number of imide groups is 2. The lowest BCUT2D eigenvalue weighted by molar-refractivity contribution is -0.126. The van der Waals surface area contributed by atoms with E-state index in [2.05, 4.69) is 9.97 Å². The van der Waals surface area contributed by atoms with E-state index in [0.717, 1.165) is 11.1 Å². The molecule has 2 saturated heterocycles. The van der Waals surface area contributed by atoms with E-state index in [1.807, 2.05) is 61.5 Å². The molecule has 2 aliphatic heterocycles. The fraction of sp³-hybridized carbons (Fsp3) is 0.208. The monoisotopic (exact) mass is 796 g/mol. The average molecular weight is 797 g/mol. The highest BCUT2D eigenvalue weighted by Gasteiger charge is 2.62. The van der Waals surface area contributed by atoms with Gasteiger partial charge in [-0.1, -0.05) is 48.0 Å². The number of amides is 4. The highest BCUT2D eigenvalue weighted by molar-refractivity contribution is 6.24. The number of para-hydroxylation sites is 5. The summed E-state index contributed by atoms with van der Waals surface area (Å²) in [6.07, 6.45) is 2.41. The van der Waals surface area contributed by atoms with E-state index in [1.165, 1.54) is 9.80 Å². The molecule has 0 spiro atoms. The Kier molecular flexibility index (Phi) is 8.13. The Morgan fingerprint density at radius 3 is 1.75 bits per heavy atom. The minimum Gasteiger partial charge on any atom is -0.504 e. The Morgan fingerprint density at radius 1 is 0.633 bits per heavy atom. The molecule has 2 aliphatic carbocycles. The summed E-state index contributed by atoms with van der Waals surface area (Å²) in [4.78, 5) is 69.9. The third-order valence-corrected chi connectivity index (χ3v) is 12.6. The number of phenolic OH excluding ortho intramolecular Hbond substituents is 1. The van der Waals surface area contributed by atoms with Crippen molar-refractivity contribution in [3.63, 3.8) is 0 Å². The van der Waals surface area contributed by atoms with E-state index in [4.69, 9.17) is 13.6 Å². The summed E-state index contributed by atoms with van der Waals surface area (Å²) in [7, 11) is 0. The number of hydrogen-bond acceptors (Lipinski definition) is 10. The van der Waals surface area contributed by atoms with Crippen molar-refractivity contribution in [1.82, 2.24) is 9.97 Å². The summed E-state index contributed by atoms with van der Waals surface area (Å²) in [5, 5.41) is 11.7. The Labute approximate surface area is 342 Å². The zero-order valence-corrected chi connectivity index (χ0v) is 32.2. The smallest absolute Gasteiger partial charge is 0.238 e. The molecule has 12 heteroatoms. The van der Waals surface area contributed by atoms with Crippen LogP contribution < -0.4 is 14.5 Å². The lowest BCUT2D eigenvalue weighted by Crippen LogP contribution is -2.43. The second-order valence-corrected chi connectivity index (χ2v) is 15.7. The molecule has 4 amide bonds. The van der Waals surface area contributed by atoms with Crippen molar-refractivity contribution in [3.05, 3.63) is 132 Å². The first-order valence-corrected chi connectivity index (χ1v) is 20.1. The highest BCUT2D eigenvalue weighted by atomic mass is 16.5. The van der Waals surface area contributed by atoms with Gasteiger partial charge in [-0.05, 0) is 105 Å². The molecule has 0 radical (unpaired) electrons. The zero-order chi connectivity index (χ0) is 40.8. The summed E-state index contributed by atoms with van der Waals surface area (Å²) in [6, 6.07) is 34.0. The van der Waals surface area contributed by atoms with Gasteiger partial charge in [0.15, 0.2) is 22.7 Å². The van der Waals surface area contributed by atoms with Crippen LogP contribution in [0.15, 0.2) is 136 Å². The molecule has 296 valence electrons. The number of anilines is 2. The first kappa shape index (κ1) is 35.8. The van der Waals surface area contributed by atoms with E-state index in [0.29, 0.717) is 63.1 Å². The lowest BCUT2D eigenvalue weighted by atomic mass is 9.57. The van der Waals surface area contributed by atoms with Crippen LogP contribution in [0.1, 0.15) is 31.2 Å². The summed E-state index contributed by atoms with van der Waals surface area (Å²) in [6.45, 7) is 2.11. The van der Waals surface area contributed by atoms with Crippen LogP contribution in [0.2, 0.25) is 0 Å². The van der Waals surface area contributed by atoms with Crippen molar-refractivity contribution in [2.24, 2.45) is 29.6 Å². The molecular weight excluding hydrogens is 761 g/mol. The maximum Gasteiger partial charge on any atom is 0.238 e. The normalized spacial score (nSPS) is 23.6. The number of nitrogens with zero attached hydrogens (tertiary/aromatic N) is 4. The maximum atomic E-state index is 14.8. The standard InChI is InChI=1S/C48H36N4O8/c1-2-58-38-13-7-8-30(42(38)53)39-29-22-23-31-40(47(56)51(45(31)54)27-18-14-25(15-19-27)43-49-34-9-3-5-11-36(34)59-43)32(29)24-33-41(39)48(57)52(46(33)55)28-20-16-26(17-21-28)44-50-35-10-4-6-12-37(35)60-44/h3-22,31-33,39-41,53H,2,23-24H2,1H3/t31-,32+,33+,39+,40-,41+/m0/s1. The molecule has 60 heavy (non-hydrogen) atoms. The molecule has 11 rings (SSSR count). The minimum absolute atomic E-state index is 0.123. The van der Waals surface area contributed by atoms with E-state index in [-0.39, 0.29) is 36.2 Å². The molecule has 0 bridgehead atoms. The summed E-state index contributed by atoms with van der Waals surface area (Å²) in [5.41, 5.74) is 6.12. The number of allylic oxidation sites excluding steroid dienone is 2. The van der Waals surface area contributed by atoms with Gasteiger partial charge in [-0.15, -0.1) is 0 Å². The van der Waals surface area contributed by atoms with Gasteiger partial charge >= 0.3 is 0 Å². The average Bonchev–Trinajstić information content (AvgIpc) is 4.03. The van der Waals surface area contributed by atoms with Gasteiger partial charge in [0, 0.05) is 22.6 Å². The quantitative estimate of drug-likeness (QED) is 0.123. The van der Waals surface area contributed by atoms with E-state index >= 15 is 0 Å². The molecule has 3 fully saturated rings. The van der Waals surface area contributed by atoms with Crippen LogP contribution in [0, 0.1) is 29.6 Å². The Bertz CT molecular complexity index is 2880. The number of ether oxygens (including phenoxy) is 1. The third-order valence-electron chi connectivity index (χ3n) is 12.6. The van der Waals surface area contributed by atoms with Crippen molar-refractivity contribution in [2.75, 3.05) is 16.4 Å². The van der Waals surface area contributed by atoms with Gasteiger partial charge in [0.05, 0.1) is 41.7 Å². The SMILES string of the molecule is CCOc1cccc([C@H]2C3=CC[C@@H]4C(=O)N(c5ccc(-c6nc7ccccc7o6)cc5)C(=O)[C@@H]4[C@@H]3C[C@H]3C(=O)N(c4ccc(-c5nc6ccccc6o5)cc4)C(=O)[C@@H]23)c1O. The molecule has 7 aromatic rings. The topological polar surface area (TPSA) is 156 Å². The van der Waals surface area contributed by atoms with Crippen LogP contribution in [0.5, 0.6) is 11.5 Å². The number of oxazole rings is 2. The van der Waals surface area contributed by atoms with Gasteiger partial charge in [-0.2, -0.15) is 0 Å². The Morgan fingerprint density at radius 2 is 1.18 bits per heavy atom. The Hall–Kier alpha value is -7.34. The third kappa shape index (κ3) is 5.36. The molecule has 4 aliphatic rings.